The minimum Gasteiger partial charge on any atom is -0.464 e. The second kappa shape index (κ2) is 5.51. The number of halogens is 1. The van der Waals surface area contributed by atoms with E-state index in [0.29, 0.717) is 5.56 Å². The van der Waals surface area contributed by atoms with Crippen molar-refractivity contribution in [2.24, 2.45) is 0 Å². The Hall–Kier alpha value is -1.35. The SMILES string of the molecule is CC(=O)OCC(Cl)C(=O)c1ccccc1. The van der Waals surface area contributed by atoms with Crippen molar-refractivity contribution < 1.29 is 14.3 Å². The van der Waals surface area contributed by atoms with Gasteiger partial charge in [-0.25, -0.2) is 0 Å². The molecule has 0 amide bonds. The fourth-order valence-corrected chi connectivity index (χ4v) is 1.24. The van der Waals surface area contributed by atoms with Crippen LogP contribution in [0.5, 0.6) is 0 Å². The number of esters is 1. The Morgan fingerprint density at radius 3 is 2.47 bits per heavy atom. The summed E-state index contributed by atoms with van der Waals surface area (Å²) < 4.78 is 4.65. The van der Waals surface area contributed by atoms with Crippen LogP contribution in [0, 0.1) is 0 Å². The van der Waals surface area contributed by atoms with Gasteiger partial charge in [0, 0.05) is 12.5 Å². The van der Waals surface area contributed by atoms with Crippen LogP contribution in [-0.2, 0) is 9.53 Å². The van der Waals surface area contributed by atoms with Crippen molar-refractivity contribution in [3.63, 3.8) is 0 Å². The van der Waals surface area contributed by atoms with Crippen molar-refractivity contribution in [2.45, 2.75) is 12.3 Å². The monoisotopic (exact) mass is 226 g/mol. The largest absolute Gasteiger partial charge is 0.464 e. The third-order valence-corrected chi connectivity index (χ3v) is 2.10. The zero-order valence-corrected chi connectivity index (χ0v) is 9.03. The molecule has 0 aliphatic carbocycles. The summed E-state index contributed by atoms with van der Waals surface area (Å²) in [7, 11) is 0. The van der Waals surface area contributed by atoms with Gasteiger partial charge in [0.25, 0.3) is 0 Å². The lowest BCUT2D eigenvalue weighted by Gasteiger charge is -2.08. The minimum absolute atomic E-state index is 0.0926. The zero-order valence-electron chi connectivity index (χ0n) is 8.27. The van der Waals surface area contributed by atoms with E-state index >= 15 is 0 Å². The van der Waals surface area contributed by atoms with Gasteiger partial charge >= 0.3 is 5.97 Å². The van der Waals surface area contributed by atoms with Crippen molar-refractivity contribution in [3.05, 3.63) is 35.9 Å². The van der Waals surface area contributed by atoms with Gasteiger partial charge in [-0.2, -0.15) is 0 Å². The van der Waals surface area contributed by atoms with E-state index in [1.807, 2.05) is 6.07 Å². The normalized spacial score (nSPS) is 11.9. The number of ketones is 1. The molecule has 1 unspecified atom stereocenters. The molecule has 1 atom stereocenters. The molecule has 0 saturated carbocycles. The standard InChI is InChI=1S/C11H11ClO3/c1-8(13)15-7-10(12)11(14)9-5-3-2-4-6-9/h2-6,10H,7H2,1H3. The second-order valence-electron chi connectivity index (χ2n) is 3.00. The van der Waals surface area contributed by atoms with E-state index in [0.717, 1.165) is 0 Å². The van der Waals surface area contributed by atoms with Crippen LogP contribution >= 0.6 is 11.6 Å². The van der Waals surface area contributed by atoms with Crippen LogP contribution in [-0.4, -0.2) is 23.7 Å². The van der Waals surface area contributed by atoms with E-state index in [4.69, 9.17) is 11.6 Å². The number of carbonyl (C=O) groups is 2. The summed E-state index contributed by atoms with van der Waals surface area (Å²) in [6, 6.07) is 8.66. The van der Waals surface area contributed by atoms with E-state index < -0.39 is 11.3 Å². The van der Waals surface area contributed by atoms with E-state index in [1.54, 1.807) is 24.3 Å². The smallest absolute Gasteiger partial charge is 0.302 e. The number of carbonyl (C=O) groups excluding carboxylic acids is 2. The summed E-state index contributed by atoms with van der Waals surface area (Å²) in [6.07, 6.45) is 0. The Balaban J connectivity index is 2.57. The summed E-state index contributed by atoms with van der Waals surface area (Å²) in [5.74, 6) is -0.681. The molecule has 0 saturated heterocycles. The van der Waals surface area contributed by atoms with Gasteiger partial charge in [-0.05, 0) is 0 Å². The third kappa shape index (κ3) is 3.72. The second-order valence-corrected chi connectivity index (χ2v) is 3.53. The molecule has 0 spiro atoms. The molecule has 0 aliphatic heterocycles. The highest BCUT2D eigenvalue weighted by atomic mass is 35.5. The van der Waals surface area contributed by atoms with E-state index in [-0.39, 0.29) is 12.4 Å². The summed E-state index contributed by atoms with van der Waals surface area (Å²) in [5, 5.41) is -0.823. The van der Waals surface area contributed by atoms with E-state index in [9.17, 15) is 9.59 Å². The first kappa shape index (κ1) is 11.7. The Kier molecular flexibility index (Phi) is 4.31. The maximum Gasteiger partial charge on any atom is 0.302 e. The highest BCUT2D eigenvalue weighted by Gasteiger charge is 2.18. The number of ether oxygens (including phenoxy) is 1. The molecule has 0 radical (unpaired) electrons. The molecule has 1 rings (SSSR count). The molecule has 0 aliphatic rings. The van der Waals surface area contributed by atoms with Crippen LogP contribution < -0.4 is 0 Å². The van der Waals surface area contributed by atoms with Gasteiger partial charge < -0.3 is 4.74 Å². The molecular formula is C11H11ClO3. The maximum absolute atomic E-state index is 11.6. The predicted octanol–water partition coefficient (Wildman–Crippen LogP) is 2.04. The summed E-state index contributed by atoms with van der Waals surface area (Å²) in [5.41, 5.74) is 0.518. The Morgan fingerprint density at radius 2 is 1.93 bits per heavy atom. The Labute approximate surface area is 93.0 Å². The molecule has 80 valence electrons. The summed E-state index contributed by atoms with van der Waals surface area (Å²) in [6.45, 7) is 1.18. The lowest BCUT2D eigenvalue weighted by Crippen LogP contribution is -2.21. The third-order valence-electron chi connectivity index (χ3n) is 1.78. The first-order valence-electron chi connectivity index (χ1n) is 4.48. The first-order chi connectivity index (χ1) is 7.11. The first-order valence-corrected chi connectivity index (χ1v) is 4.91. The van der Waals surface area contributed by atoms with Gasteiger partial charge in [0.2, 0.25) is 0 Å². The van der Waals surface area contributed by atoms with Crippen LogP contribution in [0.25, 0.3) is 0 Å². The highest BCUT2D eigenvalue weighted by Crippen LogP contribution is 2.08. The summed E-state index contributed by atoms with van der Waals surface area (Å²) in [4.78, 5) is 22.1. The molecule has 0 aromatic heterocycles. The molecule has 1 aromatic carbocycles. The van der Waals surface area contributed by atoms with E-state index in [2.05, 4.69) is 4.74 Å². The van der Waals surface area contributed by atoms with Crippen molar-refractivity contribution >= 4 is 23.4 Å². The van der Waals surface area contributed by atoms with Crippen LogP contribution in [0.1, 0.15) is 17.3 Å². The fourth-order valence-electron chi connectivity index (χ4n) is 1.05. The zero-order chi connectivity index (χ0) is 11.3. The van der Waals surface area contributed by atoms with Gasteiger partial charge in [0.05, 0.1) is 0 Å². The molecule has 4 heteroatoms. The van der Waals surface area contributed by atoms with Crippen molar-refractivity contribution in [3.8, 4) is 0 Å². The van der Waals surface area contributed by atoms with Crippen molar-refractivity contribution in [1.82, 2.24) is 0 Å². The molecule has 0 bridgehead atoms. The van der Waals surface area contributed by atoms with Gasteiger partial charge in [-0.1, -0.05) is 30.3 Å². The van der Waals surface area contributed by atoms with Crippen LogP contribution in [0.15, 0.2) is 30.3 Å². The van der Waals surface area contributed by atoms with Crippen LogP contribution in [0.3, 0.4) is 0 Å². The predicted molar refractivity (Wildman–Crippen MR) is 57.0 cm³/mol. The van der Waals surface area contributed by atoms with Crippen LogP contribution in [0.4, 0.5) is 0 Å². The molecule has 1 aromatic rings. The number of Topliss-reactive ketones (excluding diaryl/α,β-unsaturated/α-hetero) is 1. The quantitative estimate of drug-likeness (QED) is 0.448. The number of hydrogen-bond donors (Lipinski definition) is 0. The molecule has 15 heavy (non-hydrogen) atoms. The van der Waals surface area contributed by atoms with Crippen molar-refractivity contribution in [1.29, 1.82) is 0 Å². The Morgan fingerprint density at radius 1 is 1.33 bits per heavy atom. The molecule has 0 heterocycles. The van der Waals surface area contributed by atoms with Gasteiger partial charge in [0.1, 0.15) is 12.0 Å². The van der Waals surface area contributed by atoms with Crippen molar-refractivity contribution in [2.75, 3.05) is 6.61 Å². The van der Waals surface area contributed by atoms with E-state index in [1.165, 1.54) is 6.92 Å². The summed E-state index contributed by atoms with van der Waals surface area (Å²) >= 11 is 5.78. The fraction of sp³-hybridized carbons (Fsp3) is 0.273. The average molecular weight is 227 g/mol. The average Bonchev–Trinajstić information content (AvgIpc) is 2.26. The maximum atomic E-state index is 11.6. The van der Waals surface area contributed by atoms with Gasteiger partial charge in [0.15, 0.2) is 5.78 Å². The number of alkyl halides is 1. The number of benzene rings is 1. The number of hydrogen-bond acceptors (Lipinski definition) is 3. The van der Waals surface area contributed by atoms with Crippen LogP contribution in [0.2, 0.25) is 0 Å². The molecule has 0 fully saturated rings. The van der Waals surface area contributed by atoms with Gasteiger partial charge in [-0.3, -0.25) is 9.59 Å². The van der Waals surface area contributed by atoms with Gasteiger partial charge in [-0.15, -0.1) is 11.6 Å². The Bertz CT molecular complexity index is 348. The number of rotatable bonds is 4. The minimum atomic E-state index is -0.823. The molecule has 3 nitrogen and oxygen atoms in total. The lowest BCUT2D eigenvalue weighted by atomic mass is 10.1. The topological polar surface area (TPSA) is 43.4 Å². The highest BCUT2D eigenvalue weighted by molar-refractivity contribution is 6.34. The lowest BCUT2D eigenvalue weighted by molar-refractivity contribution is -0.140. The molecular weight excluding hydrogens is 216 g/mol. The molecule has 0 N–H and O–H groups in total.